The molecule has 4 heteroatoms. The molecular formula is C16H21N3O. The molecular weight excluding hydrogens is 250 g/mol. The molecule has 2 aliphatic heterocycles. The maximum absolute atomic E-state index is 5.88. The van der Waals surface area contributed by atoms with Crippen LogP contribution in [0.1, 0.15) is 19.2 Å². The fourth-order valence-electron chi connectivity index (χ4n) is 4.02. The third-order valence-corrected chi connectivity index (χ3v) is 4.92. The van der Waals surface area contributed by atoms with E-state index in [1.807, 2.05) is 24.3 Å². The number of nitrogens with one attached hydrogen (secondary N) is 1. The molecule has 4 rings (SSSR count). The lowest BCUT2D eigenvalue weighted by molar-refractivity contribution is 0.193. The second-order valence-electron chi connectivity index (χ2n) is 6.06. The van der Waals surface area contributed by atoms with Crippen LogP contribution in [0.5, 0.6) is 0 Å². The largest absolute Gasteiger partial charge is 0.439 e. The van der Waals surface area contributed by atoms with Crippen molar-refractivity contribution in [1.29, 1.82) is 0 Å². The SMILES string of the molecule is CCC1C2CNCC2CN1Cc1nc2ccccc2o1. The van der Waals surface area contributed by atoms with E-state index in [4.69, 9.17) is 4.42 Å². The number of para-hydroxylation sites is 2. The quantitative estimate of drug-likeness (QED) is 0.929. The zero-order valence-electron chi connectivity index (χ0n) is 11.9. The molecule has 0 radical (unpaired) electrons. The topological polar surface area (TPSA) is 41.3 Å². The first-order valence-corrected chi connectivity index (χ1v) is 7.64. The van der Waals surface area contributed by atoms with Crippen molar-refractivity contribution in [2.24, 2.45) is 11.8 Å². The van der Waals surface area contributed by atoms with Gasteiger partial charge in [-0.25, -0.2) is 4.98 Å². The van der Waals surface area contributed by atoms with E-state index in [2.05, 4.69) is 22.1 Å². The second kappa shape index (κ2) is 4.86. The number of oxazole rings is 1. The van der Waals surface area contributed by atoms with E-state index in [0.717, 1.165) is 35.4 Å². The molecule has 4 nitrogen and oxygen atoms in total. The molecule has 1 N–H and O–H groups in total. The minimum Gasteiger partial charge on any atom is -0.439 e. The van der Waals surface area contributed by atoms with Crippen LogP contribution in [0.4, 0.5) is 0 Å². The fraction of sp³-hybridized carbons (Fsp3) is 0.562. The van der Waals surface area contributed by atoms with Crippen LogP contribution in [0.3, 0.4) is 0 Å². The molecule has 1 aromatic carbocycles. The number of likely N-dealkylation sites (tertiary alicyclic amines) is 1. The zero-order valence-corrected chi connectivity index (χ0v) is 11.9. The number of aromatic nitrogens is 1. The van der Waals surface area contributed by atoms with Crippen LogP contribution in [-0.2, 0) is 6.54 Å². The summed E-state index contributed by atoms with van der Waals surface area (Å²) in [6, 6.07) is 8.69. The fourth-order valence-corrected chi connectivity index (χ4v) is 4.02. The number of hydrogen-bond donors (Lipinski definition) is 1. The number of hydrogen-bond acceptors (Lipinski definition) is 4. The van der Waals surface area contributed by atoms with Gasteiger partial charge in [0.25, 0.3) is 0 Å². The number of nitrogens with zero attached hydrogens (tertiary/aromatic N) is 2. The summed E-state index contributed by atoms with van der Waals surface area (Å²) >= 11 is 0. The Morgan fingerprint density at radius 3 is 3.10 bits per heavy atom. The minimum absolute atomic E-state index is 0.671. The third-order valence-electron chi connectivity index (χ3n) is 4.92. The van der Waals surface area contributed by atoms with E-state index >= 15 is 0 Å². The van der Waals surface area contributed by atoms with Gasteiger partial charge in [0.15, 0.2) is 5.58 Å². The third kappa shape index (κ3) is 1.95. The van der Waals surface area contributed by atoms with Crippen molar-refractivity contribution in [1.82, 2.24) is 15.2 Å². The summed E-state index contributed by atoms with van der Waals surface area (Å²) in [7, 11) is 0. The van der Waals surface area contributed by atoms with Crippen LogP contribution < -0.4 is 5.32 Å². The molecule has 0 bridgehead atoms. The first-order chi connectivity index (χ1) is 9.85. The molecule has 2 aliphatic rings. The Bertz CT molecular complexity index is 576. The Morgan fingerprint density at radius 1 is 1.35 bits per heavy atom. The van der Waals surface area contributed by atoms with Gasteiger partial charge in [-0.15, -0.1) is 0 Å². The Hall–Kier alpha value is -1.39. The predicted octanol–water partition coefficient (Wildman–Crippen LogP) is 2.26. The molecule has 2 aromatic rings. The number of fused-ring (bicyclic) bond motifs is 2. The van der Waals surface area contributed by atoms with Crippen LogP contribution in [0.15, 0.2) is 28.7 Å². The van der Waals surface area contributed by atoms with Crippen molar-refractivity contribution >= 4 is 11.1 Å². The number of benzene rings is 1. The lowest BCUT2D eigenvalue weighted by Crippen LogP contribution is -2.34. The monoisotopic (exact) mass is 271 g/mol. The predicted molar refractivity (Wildman–Crippen MR) is 78.3 cm³/mol. The second-order valence-corrected chi connectivity index (χ2v) is 6.06. The van der Waals surface area contributed by atoms with Gasteiger partial charge in [0.1, 0.15) is 5.52 Å². The van der Waals surface area contributed by atoms with Gasteiger partial charge in [0.2, 0.25) is 5.89 Å². The van der Waals surface area contributed by atoms with Crippen molar-refractivity contribution in [2.75, 3.05) is 19.6 Å². The van der Waals surface area contributed by atoms with Crippen LogP contribution in [-0.4, -0.2) is 35.6 Å². The summed E-state index contributed by atoms with van der Waals surface area (Å²) in [5.74, 6) is 2.48. The lowest BCUT2D eigenvalue weighted by Gasteiger charge is -2.25. The molecule has 2 saturated heterocycles. The van der Waals surface area contributed by atoms with Crippen molar-refractivity contribution in [3.05, 3.63) is 30.2 Å². The summed E-state index contributed by atoms with van der Waals surface area (Å²) < 4.78 is 5.88. The molecule has 1 aromatic heterocycles. The van der Waals surface area contributed by atoms with Crippen LogP contribution >= 0.6 is 0 Å². The molecule has 3 unspecified atom stereocenters. The van der Waals surface area contributed by atoms with E-state index in [-0.39, 0.29) is 0 Å². The summed E-state index contributed by atoms with van der Waals surface area (Å²) in [5, 5.41) is 3.53. The van der Waals surface area contributed by atoms with E-state index in [0.29, 0.717) is 6.04 Å². The normalized spacial score (nSPS) is 30.1. The van der Waals surface area contributed by atoms with Gasteiger partial charge in [-0.3, -0.25) is 4.90 Å². The van der Waals surface area contributed by atoms with Gasteiger partial charge in [-0.1, -0.05) is 19.1 Å². The Kier molecular flexibility index (Phi) is 3.00. The standard InChI is InChI=1S/C16H21N3O/c1-2-14-12-8-17-7-11(12)9-19(14)10-16-18-13-5-3-4-6-15(13)20-16/h3-6,11-12,14,17H,2,7-10H2,1H3. The molecule has 2 fully saturated rings. The molecule has 0 spiro atoms. The molecule has 0 saturated carbocycles. The van der Waals surface area contributed by atoms with Gasteiger partial charge in [-0.05, 0) is 43.5 Å². The molecule has 0 amide bonds. The van der Waals surface area contributed by atoms with E-state index in [1.165, 1.54) is 26.1 Å². The summed E-state index contributed by atoms with van der Waals surface area (Å²) in [5.41, 5.74) is 1.87. The van der Waals surface area contributed by atoms with E-state index in [1.54, 1.807) is 0 Å². The minimum atomic E-state index is 0.671. The van der Waals surface area contributed by atoms with Gasteiger partial charge in [0.05, 0.1) is 6.54 Å². The molecule has 20 heavy (non-hydrogen) atoms. The van der Waals surface area contributed by atoms with E-state index in [9.17, 15) is 0 Å². The maximum atomic E-state index is 5.88. The highest BCUT2D eigenvalue weighted by Crippen LogP contribution is 2.35. The smallest absolute Gasteiger partial charge is 0.209 e. The molecule has 3 atom stereocenters. The summed E-state index contributed by atoms with van der Waals surface area (Å²) in [4.78, 5) is 7.19. The Labute approximate surface area is 119 Å². The molecule has 0 aliphatic carbocycles. The molecule has 106 valence electrons. The molecule has 3 heterocycles. The highest BCUT2D eigenvalue weighted by atomic mass is 16.3. The van der Waals surface area contributed by atoms with Crippen molar-refractivity contribution < 1.29 is 4.42 Å². The van der Waals surface area contributed by atoms with Crippen LogP contribution in [0.25, 0.3) is 11.1 Å². The highest BCUT2D eigenvalue weighted by molar-refractivity contribution is 5.72. The average molecular weight is 271 g/mol. The Balaban J connectivity index is 1.56. The van der Waals surface area contributed by atoms with Crippen LogP contribution in [0, 0.1) is 11.8 Å². The Morgan fingerprint density at radius 2 is 2.25 bits per heavy atom. The lowest BCUT2D eigenvalue weighted by atomic mass is 9.93. The first kappa shape index (κ1) is 12.4. The van der Waals surface area contributed by atoms with Crippen molar-refractivity contribution in [3.8, 4) is 0 Å². The maximum Gasteiger partial charge on any atom is 0.209 e. The first-order valence-electron chi connectivity index (χ1n) is 7.64. The van der Waals surface area contributed by atoms with Crippen molar-refractivity contribution in [2.45, 2.75) is 25.9 Å². The van der Waals surface area contributed by atoms with Gasteiger partial charge in [-0.2, -0.15) is 0 Å². The highest BCUT2D eigenvalue weighted by Gasteiger charge is 2.43. The zero-order chi connectivity index (χ0) is 13.5. The average Bonchev–Trinajstić information content (AvgIpc) is 3.11. The van der Waals surface area contributed by atoms with Crippen molar-refractivity contribution in [3.63, 3.8) is 0 Å². The summed E-state index contributed by atoms with van der Waals surface area (Å²) in [6.07, 6.45) is 1.21. The van der Waals surface area contributed by atoms with Gasteiger partial charge in [0, 0.05) is 12.6 Å². The van der Waals surface area contributed by atoms with Crippen LogP contribution in [0.2, 0.25) is 0 Å². The summed E-state index contributed by atoms with van der Waals surface area (Å²) in [6.45, 7) is 6.66. The number of rotatable bonds is 3. The van der Waals surface area contributed by atoms with Gasteiger partial charge >= 0.3 is 0 Å². The van der Waals surface area contributed by atoms with Gasteiger partial charge < -0.3 is 9.73 Å². The van der Waals surface area contributed by atoms with E-state index < -0.39 is 0 Å².